The number of hydrogen-bond donors (Lipinski definition) is 2. The van der Waals surface area contributed by atoms with E-state index in [1.165, 1.54) is 16.8 Å². The summed E-state index contributed by atoms with van der Waals surface area (Å²) in [5.41, 5.74) is 4.10. The Kier molecular flexibility index (Phi) is 7.16. The maximum absolute atomic E-state index is 13.4. The van der Waals surface area contributed by atoms with Gasteiger partial charge in [-0.25, -0.2) is 22.1 Å². The molecule has 2 fully saturated rings. The van der Waals surface area contributed by atoms with Crippen molar-refractivity contribution >= 4 is 21.1 Å². The number of rotatable bonds is 7. The van der Waals surface area contributed by atoms with Crippen molar-refractivity contribution in [2.75, 3.05) is 13.1 Å². The lowest BCUT2D eigenvalue weighted by Crippen LogP contribution is -2.43. The zero-order valence-corrected chi connectivity index (χ0v) is 22.7. The van der Waals surface area contributed by atoms with Crippen LogP contribution in [-0.4, -0.2) is 55.9 Å². The predicted octanol–water partition coefficient (Wildman–Crippen LogP) is 5.22. The molecular weight excluding hydrogens is 517 g/mol. The average Bonchev–Trinajstić information content (AvgIpc) is 3.54. The Bertz CT molecular complexity index is 1520. The molecular formula is C29H34FN5O3S. The Morgan fingerprint density at radius 3 is 2.38 bits per heavy atom. The zero-order chi connectivity index (χ0) is 27.0. The van der Waals surface area contributed by atoms with Gasteiger partial charge in [0.15, 0.2) is 0 Å². The quantitative estimate of drug-likeness (QED) is 0.328. The number of aryl methyl sites for hydroxylation is 1. The number of nitrogens with zero attached hydrogens (tertiary/aromatic N) is 4. The van der Waals surface area contributed by atoms with Gasteiger partial charge in [0, 0.05) is 24.6 Å². The predicted molar refractivity (Wildman–Crippen MR) is 148 cm³/mol. The number of benzene rings is 2. The van der Waals surface area contributed by atoms with Crippen LogP contribution in [0.1, 0.15) is 67.7 Å². The van der Waals surface area contributed by atoms with Crippen LogP contribution < -0.4 is 0 Å². The van der Waals surface area contributed by atoms with Crippen LogP contribution in [0.15, 0.2) is 48.5 Å². The van der Waals surface area contributed by atoms with Crippen molar-refractivity contribution in [3.63, 3.8) is 0 Å². The first-order valence-electron chi connectivity index (χ1n) is 13.9. The minimum atomic E-state index is -3.30. The number of imidazole rings is 1. The maximum atomic E-state index is 13.4. The van der Waals surface area contributed by atoms with Gasteiger partial charge in [0.05, 0.1) is 22.0 Å². The lowest BCUT2D eigenvalue weighted by atomic mass is 9.90. The monoisotopic (exact) mass is 551 g/mol. The van der Waals surface area contributed by atoms with Gasteiger partial charge in [0.2, 0.25) is 21.9 Å². The highest BCUT2D eigenvalue weighted by atomic mass is 32.2. The van der Waals surface area contributed by atoms with Crippen molar-refractivity contribution in [3.8, 4) is 11.8 Å². The van der Waals surface area contributed by atoms with Crippen LogP contribution >= 0.6 is 0 Å². The van der Waals surface area contributed by atoms with Crippen LogP contribution in [-0.2, 0) is 22.9 Å². The standard InChI is InChI=1S/C29H34FN5O3S/c30-22-13-10-20(11-14-22)12-15-24-27(33-35(28(24)36)29-31-25-8-4-5-9-26(25)32-29)21-16-18-34(19-17-21)39(37,38)23-6-2-1-3-7-23/h4-5,8-11,13-14,21,23,36H,1-3,6-7,12,15-19H2,(H,31,32). The van der Waals surface area contributed by atoms with E-state index < -0.39 is 10.0 Å². The fraction of sp³-hybridized carbons (Fsp3) is 0.448. The summed E-state index contributed by atoms with van der Waals surface area (Å²) in [7, 11) is -3.30. The van der Waals surface area contributed by atoms with E-state index in [1.807, 2.05) is 24.3 Å². The van der Waals surface area contributed by atoms with Crippen LogP contribution in [0, 0.1) is 5.82 Å². The number of para-hydroxylation sites is 2. The third kappa shape index (κ3) is 5.19. The van der Waals surface area contributed by atoms with Crippen molar-refractivity contribution < 1.29 is 17.9 Å². The summed E-state index contributed by atoms with van der Waals surface area (Å²) in [4.78, 5) is 7.86. The fourth-order valence-corrected chi connectivity index (χ4v) is 8.16. The summed E-state index contributed by atoms with van der Waals surface area (Å²) in [5, 5.41) is 16.0. The van der Waals surface area contributed by atoms with E-state index >= 15 is 0 Å². The van der Waals surface area contributed by atoms with Gasteiger partial charge in [-0.2, -0.15) is 9.78 Å². The fourth-order valence-electron chi connectivity index (χ4n) is 6.09. The van der Waals surface area contributed by atoms with Gasteiger partial charge in [-0.1, -0.05) is 43.5 Å². The van der Waals surface area contributed by atoms with E-state index in [1.54, 1.807) is 16.4 Å². The normalized spacial score (nSPS) is 18.2. The van der Waals surface area contributed by atoms with Gasteiger partial charge in [-0.3, -0.25) is 0 Å². The molecule has 1 saturated heterocycles. The summed E-state index contributed by atoms with van der Waals surface area (Å²) in [6, 6.07) is 14.0. The van der Waals surface area contributed by atoms with Crippen molar-refractivity contribution in [3.05, 3.63) is 71.2 Å². The molecule has 3 heterocycles. The van der Waals surface area contributed by atoms with Gasteiger partial charge in [0.1, 0.15) is 5.82 Å². The Balaban J connectivity index is 1.27. The number of piperidine rings is 1. The number of H-pyrrole nitrogens is 1. The lowest BCUT2D eigenvalue weighted by Gasteiger charge is -2.34. The molecule has 2 N–H and O–H groups in total. The van der Waals surface area contributed by atoms with E-state index in [0.29, 0.717) is 44.7 Å². The Hall–Kier alpha value is -3.24. The van der Waals surface area contributed by atoms with Gasteiger partial charge >= 0.3 is 0 Å². The first-order valence-corrected chi connectivity index (χ1v) is 15.4. The summed E-state index contributed by atoms with van der Waals surface area (Å²) >= 11 is 0. The van der Waals surface area contributed by atoms with Crippen LogP contribution in [0.25, 0.3) is 17.0 Å². The largest absolute Gasteiger partial charge is 0.493 e. The zero-order valence-electron chi connectivity index (χ0n) is 21.9. The van der Waals surface area contributed by atoms with Gasteiger partial charge in [0.25, 0.3) is 0 Å². The number of sulfonamides is 1. The second kappa shape index (κ2) is 10.7. The van der Waals surface area contributed by atoms with Crippen LogP contribution in [0.4, 0.5) is 4.39 Å². The molecule has 1 aliphatic carbocycles. The smallest absolute Gasteiger partial charge is 0.232 e. The second-order valence-corrected chi connectivity index (χ2v) is 13.0. The summed E-state index contributed by atoms with van der Waals surface area (Å²) < 4.78 is 43.1. The Labute approximate surface area is 227 Å². The third-order valence-electron chi connectivity index (χ3n) is 8.32. The number of aromatic nitrogens is 4. The minimum Gasteiger partial charge on any atom is -0.493 e. The molecule has 0 amide bonds. The Morgan fingerprint density at radius 2 is 1.67 bits per heavy atom. The highest BCUT2D eigenvalue weighted by molar-refractivity contribution is 7.89. The lowest BCUT2D eigenvalue weighted by molar-refractivity contribution is 0.307. The van der Waals surface area contributed by atoms with Crippen molar-refractivity contribution in [1.29, 1.82) is 0 Å². The van der Waals surface area contributed by atoms with E-state index in [2.05, 4.69) is 9.97 Å². The molecule has 1 aliphatic heterocycles. The minimum absolute atomic E-state index is 0.0163. The number of hydrogen-bond acceptors (Lipinski definition) is 5. The highest BCUT2D eigenvalue weighted by Gasteiger charge is 2.37. The van der Waals surface area contributed by atoms with Crippen LogP contribution in [0.5, 0.6) is 5.88 Å². The third-order valence-corrected chi connectivity index (χ3v) is 10.7. The van der Waals surface area contributed by atoms with E-state index in [-0.39, 0.29) is 22.9 Å². The molecule has 6 rings (SSSR count). The SMILES string of the molecule is O=S(=O)(C1CCCCC1)N1CCC(c2nn(-c3nc4ccccc4[nH]3)c(O)c2CCc2ccc(F)cc2)CC1. The molecule has 4 aromatic rings. The molecule has 8 nitrogen and oxygen atoms in total. The first-order chi connectivity index (χ1) is 18.9. The van der Waals surface area contributed by atoms with Crippen molar-refractivity contribution in [2.45, 2.75) is 69.0 Å². The molecule has 2 aromatic heterocycles. The number of aromatic amines is 1. The summed E-state index contributed by atoms with van der Waals surface area (Å²) in [6.45, 7) is 0.915. The molecule has 39 heavy (non-hydrogen) atoms. The maximum Gasteiger partial charge on any atom is 0.232 e. The molecule has 10 heteroatoms. The Morgan fingerprint density at radius 1 is 0.949 bits per heavy atom. The second-order valence-electron chi connectivity index (χ2n) is 10.8. The molecule has 1 saturated carbocycles. The highest BCUT2D eigenvalue weighted by Crippen LogP contribution is 2.37. The number of aromatic hydroxyl groups is 1. The van der Waals surface area contributed by atoms with Gasteiger partial charge in [-0.05, 0) is 68.4 Å². The van der Waals surface area contributed by atoms with Crippen molar-refractivity contribution in [1.82, 2.24) is 24.1 Å². The molecule has 0 unspecified atom stereocenters. The molecule has 206 valence electrons. The van der Waals surface area contributed by atoms with Crippen molar-refractivity contribution in [2.24, 2.45) is 0 Å². The van der Waals surface area contributed by atoms with Crippen LogP contribution in [0.3, 0.4) is 0 Å². The van der Waals surface area contributed by atoms with Crippen LogP contribution in [0.2, 0.25) is 0 Å². The van der Waals surface area contributed by atoms with E-state index in [4.69, 9.17) is 5.10 Å². The first kappa shape index (κ1) is 26.0. The molecule has 0 atom stereocenters. The topological polar surface area (TPSA) is 104 Å². The molecule has 2 aromatic carbocycles. The number of nitrogens with one attached hydrogen (secondary N) is 1. The van der Waals surface area contributed by atoms with E-state index in [0.717, 1.165) is 60.0 Å². The van der Waals surface area contributed by atoms with Gasteiger partial charge in [-0.15, -0.1) is 0 Å². The number of fused-ring (bicyclic) bond motifs is 1. The van der Waals surface area contributed by atoms with Gasteiger partial charge < -0.3 is 10.1 Å². The van der Waals surface area contributed by atoms with E-state index in [9.17, 15) is 17.9 Å². The number of halogens is 1. The molecule has 0 radical (unpaired) electrons. The summed E-state index contributed by atoms with van der Waals surface area (Å²) in [5.74, 6) is 0.196. The summed E-state index contributed by atoms with van der Waals surface area (Å²) in [6.07, 6.45) is 7.02. The average molecular weight is 552 g/mol. The molecule has 2 aliphatic rings. The molecule has 0 spiro atoms. The molecule has 0 bridgehead atoms.